The summed E-state index contributed by atoms with van der Waals surface area (Å²) < 4.78 is 366. The van der Waals surface area contributed by atoms with Crippen molar-refractivity contribution in [2.45, 2.75) is 345 Å². The molecule has 0 heterocycles. The Morgan fingerprint density at radius 3 is 0.817 bits per heavy atom. The van der Waals surface area contributed by atoms with Gasteiger partial charge in [-0.25, -0.2) is 14.4 Å². The maximum absolute atomic E-state index is 13.3. The molecule has 109 heavy (non-hydrogen) atoms. The second-order valence-electron chi connectivity index (χ2n) is 30.8. The highest BCUT2D eigenvalue weighted by molar-refractivity contribution is 5.87. The summed E-state index contributed by atoms with van der Waals surface area (Å²) in [6.45, 7) is 35.0. The van der Waals surface area contributed by atoms with Gasteiger partial charge in [0, 0.05) is 29.1 Å². The van der Waals surface area contributed by atoms with Crippen LogP contribution in [0.3, 0.4) is 0 Å². The second kappa shape index (κ2) is 36.1. The Hall–Kier alpha value is -4.53. The lowest BCUT2D eigenvalue weighted by atomic mass is 9.78. The Labute approximate surface area is 616 Å². The minimum atomic E-state index is -6.23. The van der Waals surface area contributed by atoms with Gasteiger partial charge in [0.2, 0.25) is 0 Å². The quantitative estimate of drug-likeness (QED) is 0.0151. The number of esters is 3. The third-order valence-electron chi connectivity index (χ3n) is 17.9. The Morgan fingerprint density at radius 1 is 0.312 bits per heavy atom. The van der Waals surface area contributed by atoms with Crippen molar-refractivity contribution in [1.29, 1.82) is 0 Å². The van der Waals surface area contributed by atoms with Crippen molar-refractivity contribution in [3.05, 3.63) is 36.5 Å². The van der Waals surface area contributed by atoms with E-state index in [1.807, 2.05) is 0 Å². The number of rotatable bonds is 34. The van der Waals surface area contributed by atoms with Crippen LogP contribution in [0.1, 0.15) is 186 Å². The standard InChI is InChI=1S/C23H38F6O6.2C22H33F9O6/c1-13(2)17(30)33-12-16(11-18(5,6)34-14(3)19(7,8)31)20(9,10)35-15(4)21(32,22(24,25)26)23(27,28)29;1-11(2)15(32)35-10-14(16(5,6)36-12(3)18(9,33)20(23,24)25)17(7,8)37-13(4)19(34,21(26,27)28)22(29,30)31;1-11(2)15(32)35-14(17(7,8)37-12(3)18(9,33)20(23,24)25)10-16(5,6)36-13(4)19(34,21(26,27)28)22(29,30)31/h14-16,31-32H,1,11-12H2,2-10H3;2*12-14,33-34H,1,10H2,2-9H3. The normalized spacial score (nSPS) is 18.1. The molecule has 0 aliphatic carbocycles. The van der Waals surface area contributed by atoms with E-state index in [-0.39, 0.29) is 23.1 Å². The molecule has 0 aromatic rings. The van der Waals surface area contributed by atoms with Crippen molar-refractivity contribution >= 4 is 17.9 Å². The monoisotopic (exact) mass is 1650 g/mol. The average Bonchev–Trinajstić information content (AvgIpc) is 0.756. The van der Waals surface area contributed by atoms with E-state index in [2.05, 4.69) is 19.7 Å². The van der Waals surface area contributed by atoms with E-state index in [4.69, 9.17) is 42.6 Å². The molecule has 0 saturated carbocycles. The molecule has 0 fully saturated rings. The van der Waals surface area contributed by atoms with Crippen LogP contribution in [0.2, 0.25) is 0 Å². The Morgan fingerprint density at radius 2 is 0.550 bits per heavy atom. The predicted octanol–water partition coefficient (Wildman–Crippen LogP) is 15.8. The molecule has 0 amide bonds. The first-order chi connectivity index (χ1) is 47.1. The van der Waals surface area contributed by atoms with Gasteiger partial charge in [0.05, 0.1) is 71.0 Å². The van der Waals surface area contributed by atoms with E-state index in [9.17, 15) is 150 Å². The largest absolute Gasteiger partial charge is 0.462 e. The number of hydrogen-bond donors (Lipinski definition) is 6. The highest BCUT2D eigenvalue weighted by atomic mass is 19.4. The van der Waals surface area contributed by atoms with Crippen LogP contribution >= 0.6 is 0 Å². The van der Waals surface area contributed by atoms with Gasteiger partial charge < -0.3 is 73.3 Å². The third-order valence-corrected chi connectivity index (χ3v) is 17.9. The topological polar surface area (TPSA) is 256 Å². The van der Waals surface area contributed by atoms with Gasteiger partial charge in [-0.3, -0.25) is 0 Å². The highest BCUT2D eigenvalue weighted by Gasteiger charge is 2.77. The molecule has 0 aromatic carbocycles. The molecule has 11 atom stereocenters. The van der Waals surface area contributed by atoms with Crippen LogP contribution in [0.25, 0.3) is 0 Å². The van der Waals surface area contributed by atoms with Crippen LogP contribution in [0, 0.1) is 11.8 Å². The molecule has 0 saturated heterocycles. The zero-order valence-electron chi connectivity index (χ0n) is 64.8. The zero-order valence-corrected chi connectivity index (χ0v) is 64.8. The maximum Gasteiger partial charge on any atom is 0.428 e. The molecule has 42 heteroatoms. The molecule has 6 N–H and O–H groups in total. The van der Waals surface area contributed by atoms with Gasteiger partial charge in [-0.1, -0.05) is 19.7 Å². The molecular weight excluding hydrogens is 1550 g/mol. The zero-order chi connectivity index (χ0) is 88.9. The van der Waals surface area contributed by atoms with Gasteiger partial charge in [0.15, 0.2) is 11.2 Å². The Kier molecular flexibility index (Phi) is 36.0. The fourth-order valence-corrected chi connectivity index (χ4v) is 10.2. The van der Waals surface area contributed by atoms with Crippen molar-refractivity contribution in [2.75, 3.05) is 13.2 Å². The molecular formula is C67H104F24O18. The molecule has 0 aliphatic rings. The predicted molar refractivity (Wildman–Crippen MR) is 341 cm³/mol. The van der Waals surface area contributed by atoms with Crippen LogP contribution < -0.4 is 0 Å². The lowest BCUT2D eigenvalue weighted by Gasteiger charge is -2.48. The second-order valence-corrected chi connectivity index (χ2v) is 30.8. The van der Waals surface area contributed by atoms with Gasteiger partial charge in [0.1, 0.15) is 30.0 Å². The summed E-state index contributed by atoms with van der Waals surface area (Å²) in [6, 6.07) is 0. The first-order valence-electron chi connectivity index (χ1n) is 32.6. The number of hydrogen-bond acceptors (Lipinski definition) is 18. The molecule has 0 bridgehead atoms. The van der Waals surface area contributed by atoms with Crippen LogP contribution in [0.4, 0.5) is 105 Å². The summed E-state index contributed by atoms with van der Waals surface area (Å²) in [5, 5.41) is 59.0. The smallest absolute Gasteiger partial charge is 0.428 e. The van der Waals surface area contributed by atoms with E-state index >= 15 is 0 Å². The van der Waals surface area contributed by atoms with Crippen LogP contribution in [0.5, 0.6) is 0 Å². The number of carbonyl (C=O) groups excluding carboxylic acids is 3. The van der Waals surface area contributed by atoms with E-state index in [0.29, 0.717) is 34.6 Å². The minimum absolute atomic E-state index is 0.0329. The molecule has 11 unspecified atom stereocenters. The van der Waals surface area contributed by atoms with Crippen molar-refractivity contribution in [3.8, 4) is 0 Å². The van der Waals surface area contributed by atoms with Gasteiger partial charge in [-0.15, -0.1) is 0 Å². The van der Waals surface area contributed by atoms with Crippen LogP contribution in [0.15, 0.2) is 36.5 Å². The SMILES string of the molecule is C=C(C)C(=O)OC(CC(C)(C)OC(C)C(O)(C(F)(F)F)C(F)(F)F)C(C)(C)OC(C)C(C)(O)C(F)(F)F.C=C(C)C(=O)OCC(C(C)(C)OC(C)C(C)(O)C(F)(F)F)C(C)(C)OC(C)C(O)(C(F)(F)F)C(F)(F)F.C=C(C)C(=O)OCC(CC(C)(C)OC(C)C(C)(C)O)C(C)(C)OC(C)C(O)(C(F)(F)F)C(F)(F)F. The van der Waals surface area contributed by atoms with Crippen LogP contribution in [-0.2, 0) is 57.0 Å². The summed E-state index contributed by atoms with van der Waals surface area (Å²) in [7, 11) is 0. The third kappa shape index (κ3) is 28.5. The lowest BCUT2D eigenvalue weighted by Crippen LogP contribution is -2.66. The summed E-state index contributed by atoms with van der Waals surface area (Å²) in [5.74, 6) is -5.49. The fraction of sp³-hybridized carbons (Fsp3) is 0.866. The first kappa shape index (κ1) is 109. The minimum Gasteiger partial charge on any atom is -0.462 e. The van der Waals surface area contributed by atoms with Gasteiger partial charge in [0.25, 0.3) is 16.8 Å². The summed E-state index contributed by atoms with van der Waals surface area (Å²) >= 11 is 0. The van der Waals surface area contributed by atoms with Crippen molar-refractivity contribution in [1.82, 2.24) is 0 Å². The Bertz CT molecular complexity index is 2940. The van der Waals surface area contributed by atoms with Gasteiger partial charge >= 0.3 is 67.3 Å². The molecule has 18 nitrogen and oxygen atoms in total. The molecule has 0 spiro atoms. The summed E-state index contributed by atoms with van der Waals surface area (Å²) in [6.07, 6.45) is -63.1. The van der Waals surface area contributed by atoms with Gasteiger partial charge in [-0.2, -0.15) is 105 Å². The van der Waals surface area contributed by atoms with Crippen molar-refractivity contribution < 1.29 is 193 Å². The van der Waals surface area contributed by atoms with E-state index < -0.39 is 209 Å². The number of ether oxygens (including phenoxy) is 9. The summed E-state index contributed by atoms with van der Waals surface area (Å²) in [5.41, 5.74) is -35.0. The molecule has 0 aliphatic heterocycles. The van der Waals surface area contributed by atoms with E-state index in [1.54, 1.807) is 20.8 Å². The van der Waals surface area contributed by atoms with E-state index in [0.717, 1.165) is 69.2 Å². The summed E-state index contributed by atoms with van der Waals surface area (Å²) in [4.78, 5) is 36.0. The van der Waals surface area contributed by atoms with Crippen molar-refractivity contribution in [2.24, 2.45) is 11.8 Å². The van der Waals surface area contributed by atoms with Crippen LogP contribution in [-0.4, -0.2) is 221 Å². The fourth-order valence-electron chi connectivity index (χ4n) is 10.2. The molecule has 0 aromatic heterocycles. The molecule has 648 valence electrons. The van der Waals surface area contributed by atoms with E-state index in [1.165, 1.54) is 48.5 Å². The number of carbonyl (C=O) groups is 3. The molecule has 0 radical (unpaired) electrons. The first-order valence-corrected chi connectivity index (χ1v) is 32.6. The molecule has 0 rings (SSSR count). The lowest BCUT2D eigenvalue weighted by molar-refractivity contribution is -0.401. The Balaban J connectivity index is -0.00000155. The number of halogens is 24. The number of alkyl halides is 24. The highest BCUT2D eigenvalue weighted by Crippen LogP contribution is 2.52. The maximum atomic E-state index is 13.3. The average molecular weight is 1650 g/mol. The van der Waals surface area contributed by atoms with Gasteiger partial charge in [-0.05, 0) is 180 Å². The van der Waals surface area contributed by atoms with Crippen molar-refractivity contribution in [3.63, 3.8) is 0 Å². The number of aliphatic hydroxyl groups is 6.